The molecule has 0 bridgehead atoms. The first-order valence-electron chi connectivity index (χ1n) is 5.72. The number of halogens is 1. The summed E-state index contributed by atoms with van der Waals surface area (Å²) in [6, 6.07) is 5.78. The molecule has 2 aromatic rings. The summed E-state index contributed by atoms with van der Waals surface area (Å²) in [6.45, 7) is 1.96. The molecule has 0 aliphatic carbocycles. The number of imidazole rings is 1. The topological polar surface area (TPSA) is 46.9 Å². The number of anilines is 1. The van der Waals surface area contributed by atoms with Gasteiger partial charge in [0.1, 0.15) is 0 Å². The third-order valence-electron chi connectivity index (χ3n) is 2.57. The molecule has 19 heavy (non-hydrogen) atoms. The smallest absolute Gasteiger partial charge is 0.234 e. The maximum Gasteiger partial charge on any atom is 0.234 e. The Morgan fingerprint density at radius 1 is 1.53 bits per heavy atom. The Hall–Kier alpha value is -1.27. The Morgan fingerprint density at radius 2 is 2.32 bits per heavy atom. The molecular weight excluding hydrogens is 326 g/mol. The lowest BCUT2D eigenvalue weighted by Crippen LogP contribution is -2.15. The molecule has 0 saturated heterocycles. The lowest BCUT2D eigenvalue weighted by Gasteiger charge is -2.08. The molecule has 0 aliphatic rings. The summed E-state index contributed by atoms with van der Waals surface area (Å²) in [7, 11) is 1.91. The number of hydrogen-bond acceptors (Lipinski definition) is 3. The minimum atomic E-state index is -0.0292. The predicted octanol–water partition coefficient (Wildman–Crippen LogP) is 3.22. The number of hydrogen-bond donors (Lipinski definition) is 1. The van der Waals surface area contributed by atoms with Gasteiger partial charge in [-0.1, -0.05) is 27.7 Å². The van der Waals surface area contributed by atoms with Crippen LogP contribution in [-0.4, -0.2) is 21.2 Å². The summed E-state index contributed by atoms with van der Waals surface area (Å²) in [4.78, 5) is 16.0. The van der Waals surface area contributed by atoms with E-state index in [0.29, 0.717) is 5.75 Å². The lowest BCUT2D eigenvalue weighted by molar-refractivity contribution is -0.113. The molecule has 100 valence electrons. The van der Waals surface area contributed by atoms with Gasteiger partial charge in [0.05, 0.1) is 5.75 Å². The van der Waals surface area contributed by atoms with Crippen molar-refractivity contribution in [2.75, 3.05) is 11.1 Å². The molecule has 0 saturated carbocycles. The van der Waals surface area contributed by atoms with Crippen molar-refractivity contribution in [2.45, 2.75) is 12.1 Å². The summed E-state index contributed by atoms with van der Waals surface area (Å²) in [5.74, 6) is 0.318. The second kappa shape index (κ2) is 6.25. The highest BCUT2D eigenvalue weighted by Gasteiger charge is 2.08. The summed E-state index contributed by atoms with van der Waals surface area (Å²) >= 11 is 4.82. The molecule has 1 N–H and O–H groups in total. The molecule has 4 nitrogen and oxygen atoms in total. The number of nitrogens with one attached hydrogen (secondary N) is 1. The van der Waals surface area contributed by atoms with Gasteiger partial charge in [-0.15, -0.1) is 0 Å². The van der Waals surface area contributed by atoms with Crippen molar-refractivity contribution in [2.24, 2.45) is 7.05 Å². The largest absolute Gasteiger partial charge is 0.329 e. The Bertz CT molecular complexity index is 597. The number of aryl methyl sites for hydroxylation is 2. The molecule has 1 aromatic heterocycles. The van der Waals surface area contributed by atoms with E-state index in [0.717, 1.165) is 20.9 Å². The number of thioether (sulfide) groups is 1. The first-order valence-corrected chi connectivity index (χ1v) is 7.50. The molecule has 1 amide bonds. The zero-order valence-corrected chi connectivity index (χ0v) is 13.1. The van der Waals surface area contributed by atoms with Crippen LogP contribution < -0.4 is 5.32 Å². The van der Waals surface area contributed by atoms with Gasteiger partial charge in [-0.3, -0.25) is 4.79 Å². The van der Waals surface area contributed by atoms with Crippen molar-refractivity contribution in [3.05, 3.63) is 40.6 Å². The molecule has 0 spiro atoms. The molecule has 0 fully saturated rings. The quantitative estimate of drug-likeness (QED) is 0.870. The average Bonchev–Trinajstić information content (AvgIpc) is 2.76. The SMILES string of the molecule is Cc1cc(Br)ccc1NC(=O)CSc1nccn1C. The van der Waals surface area contributed by atoms with Gasteiger partial charge in [0.2, 0.25) is 5.91 Å². The highest BCUT2D eigenvalue weighted by molar-refractivity contribution is 9.10. The van der Waals surface area contributed by atoms with Crippen LogP contribution in [0.25, 0.3) is 0 Å². The number of aromatic nitrogens is 2. The van der Waals surface area contributed by atoms with Gasteiger partial charge < -0.3 is 9.88 Å². The summed E-state index contributed by atoms with van der Waals surface area (Å²) < 4.78 is 2.90. The van der Waals surface area contributed by atoms with Gasteiger partial charge in [-0.25, -0.2) is 4.98 Å². The Balaban J connectivity index is 1.93. The molecule has 1 aromatic carbocycles. The highest BCUT2D eigenvalue weighted by Crippen LogP contribution is 2.21. The number of benzene rings is 1. The van der Waals surface area contributed by atoms with E-state index in [2.05, 4.69) is 26.2 Å². The van der Waals surface area contributed by atoms with E-state index >= 15 is 0 Å². The number of rotatable bonds is 4. The van der Waals surface area contributed by atoms with Crippen LogP contribution in [0.2, 0.25) is 0 Å². The van der Waals surface area contributed by atoms with Crippen LogP contribution in [0.5, 0.6) is 0 Å². The molecule has 1 heterocycles. The van der Waals surface area contributed by atoms with Gasteiger partial charge in [-0.05, 0) is 30.7 Å². The number of nitrogens with zero attached hydrogens (tertiary/aromatic N) is 2. The minimum absolute atomic E-state index is 0.0292. The van der Waals surface area contributed by atoms with Crippen LogP contribution in [0.4, 0.5) is 5.69 Å². The van der Waals surface area contributed by atoms with Crippen LogP contribution in [-0.2, 0) is 11.8 Å². The number of amides is 1. The standard InChI is InChI=1S/C13H14BrN3OS/c1-9-7-10(14)3-4-11(9)16-12(18)8-19-13-15-5-6-17(13)2/h3-7H,8H2,1-2H3,(H,16,18). The summed E-state index contributed by atoms with van der Waals surface area (Å²) in [6.07, 6.45) is 3.58. The fourth-order valence-corrected chi connectivity index (χ4v) is 2.78. The van der Waals surface area contributed by atoms with Crippen molar-refractivity contribution in [3.8, 4) is 0 Å². The van der Waals surface area contributed by atoms with Gasteiger partial charge in [-0.2, -0.15) is 0 Å². The number of carbonyl (C=O) groups excluding carboxylic acids is 1. The van der Waals surface area contributed by atoms with Gasteiger partial charge in [0.15, 0.2) is 5.16 Å². The van der Waals surface area contributed by atoms with Crippen LogP contribution in [0.3, 0.4) is 0 Å². The monoisotopic (exact) mass is 339 g/mol. The third kappa shape index (κ3) is 3.84. The lowest BCUT2D eigenvalue weighted by atomic mass is 10.2. The maximum atomic E-state index is 11.9. The van der Waals surface area contributed by atoms with Crippen LogP contribution >= 0.6 is 27.7 Å². The second-order valence-corrected chi connectivity index (χ2v) is 5.97. The van der Waals surface area contributed by atoms with Crippen molar-refractivity contribution in [1.29, 1.82) is 0 Å². The molecule has 6 heteroatoms. The normalized spacial score (nSPS) is 10.5. The minimum Gasteiger partial charge on any atom is -0.329 e. The van der Waals surface area contributed by atoms with Crippen molar-refractivity contribution < 1.29 is 4.79 Å². The van der Waals surface area contributed by atoms with E-state index in [1.807, 2.05) is 42.9 Å². The first-order chi connectivity index (χ1) is 9.06. The Labute approximate surface area is 124 Å². The van der Waals surface area contributed by atoms with Gasteiger partial charge >= 0.3 is 0 Å². The van der Waals surface area contributed by atoms with Gasteiger partial charge in [0.25, 0.3) is 0 Å². The van der Waals surface area contributed by atoms with E-state index in [9.17, 15) is 4.79 Å². The zero-order valence-electron chi connectivity index (χ0n) is 10.7. The van der Waals surface area contributed by atoms with E-state index < -0.39 is 0 Å². The van der Waals surface area contributed by atoms with E-state index in [-0.39, 0.29) is 5.91 Å². The highest BCUT2D eigenvalue weighted by atomic mass is 79.9. The predicted molar refractivity (Wildman–Crippen MR) is 81.4 cm³/mol. The Morgan fingerprint density at radius 3 is 2.95 bits per heavy atom. The molecule has 0 unspecified atom stereocenters. The summed E-state index contributed by atoms with van der Waals surface area (Å²) in [5, 5.41) is 3.74. The van der Waals surface area contributed by atoms with E-state index in [4.69, 9.17) is 0 Å². The zero-order chi connectivity index (χ0) is 13.8. The summed E-state index contributed by atoms with van der Waals surface area (Å²) in [5.41, 5.74) is 1.87. The fourth-order valence-electron chi connectivity index (χ4n) is 1.57. The van der Waals surface area contributed by atoms with Gasteiger partial charge in [0, 0.05) is 29.6 Å². The van der Waals surface area contributed by atoms with E-state index in [1.54, 1.807) is 6.20 Å². The Kier molecular flexibility index (Phi) is 4.66. The van der Waals surface area contributed by atoms with Crippen molar-refractivity contribution in [1.82, 2.24) is 9.55 Å². The number of carbonyl (C=O) groups is 1. The fraction of sp³-hybridized carbons (Fsp3) is 0.231. The molecule has 0 aliphatic heterocycles. The molecule has 2 rings (SSSR count). The van der Waals surface area contributed by atoms with Crippen LogP contribution in [0.15, 0.2) is 40.2 Å². The first kappa shape index (κ1) is 14.1. The second-order valence-electron chi connectivity index (χ2n) is 4.12. The van der Waals surface area contributed by atoms with Crippen molar-refractivity contribution >= 4 is 39.3 Å². The van der Waals surface area contributed by atoms with Crippen molar-refractivity contribution in [3.63, 3.8) is 0 Å². The molecule has 0 atom stereocenters. The van der Waals surface area contributed by atoms with Crippen LogP contribution in [0.1, 0.15) is 5.56 Å². The third-order valence-corrected chi connectivity index (χ3v) is 4.12. The van der Waals surface area contributed by atoms with Crippen LogP contribution in [0, 0.1) is 6.92 Å². The maximum absolute atomic E-state index is 11.9. The van der Waals surface area contributed by atoms with E-state index in [1.165, 1.54) is 11.8 Å². The molecular formula is C13H14BrN3OS. The average molecular weight is 340 g/mol. The molecule has 0 radical (unpaired) electrons.